The first-order valence-corrected chi connectivity index (χ1v) is 10.6. The fraction of sp³-hybridized carbons (Fsp3) is 0.611. The van der Waals surface area contributed by atoms with Gasteiger partial charge in [0.25, 0.3) is 0 Å². The van der Waals surface area contributed by atoms with Crippen molar-refractivity contribution in [2.24, 2.45) is 11.7 Å². The van der Waals surface area contributed by atoms with Crippen LogP contribution in [0.5, 0.6) is 0 Å². The number of sulfonamides is 1. The van der Waals surface area contributed by atoms with Gasteiger partial charge in [0.2, 0.25) is 15.9 Å². The van der Waals surface area contributed by atoms with E-state index in [0.717, 1.165) is 5.56 Å². The molecule has 2 rings (SSSR count). The van der Waals surface area contributed by atoms with E-state index in [-0.39, 0.29) is 42.1 Å². The topological polar surface area (TPSA) is 92.5 Å². The molecule has 0 spiro atoms. The van der Waals surface area contributed by atoms with Gasteiger partial charge in [-0.3, -0.25) is 4.79 Å². The summed E-state index contributed by atoms with van der Waals surface area (Å²) in [5, 5.41) is 0. The van der Waals surface area contributed by atoms with Gasteiger partial charge in [-0.15, -0.1) is 12.4 Å². The number of carbonyl (C=O) groups is 1. The number of rotatable bonds is 7. The van der Waals surface area contributed by atoms with E-state index < -0.39 is 10.0 Å². The number of nitrogens with zero attached hydrogens (tertiary/aromatic N) is 1. The van der Waals surface area contributed by atoms with E-state index in [0.29, 0.717) is 32.4 Å². The Balaban J connectivity index is 0.00000338. The molecule has 1 aromatic rings. The van der Waals surface area contributed by atoms with Crippen molar-refractivity contribution in [3.8, 4) is 0 Å². The second-order valence-electron chi connectivity index (χ2n) is 6.76. The molecule has 6 nitrogen and oxygen atoms in total. The van der Waals surface area contributed by atoms with Crippen molar-refractivity contribution in [2.75, 3.05) is 18.8 Å². The minimum absolute atomic E-state index is 0. The van der Waals surface area contributed by atoms with Crippen molar-refractivity contribution >= 4 is 28.3 Å². The molecule has 1 amide bonds. The minimum atomic E-state index is -3.21. The Labute approximate surface area is 163 Å². The maximum absolute atomic E-state index is 12.7. The summed E-state index contributed by atoms with van der Waals surface area (Å²) in [6.07, 6.45) is 1.88. The van der Waals surface area contributed by atoms with Crippen LogP contribution in [0.15, 0.2) is 30.3 Å². The van der Waals surface area contributed by atoms with Crippen molar-refractivity contribution in [3.05, 3.63) is 35.9 Å². The van der Waals surface area contributed by atoms with Crippen LogP contribution in [0.3, 0.4) is 0 Å². The summed E-state index contributed by atoms with van der Waals surface area (Å²) in [7, 11) is -3.21. The monoisotopic (exact) mass is 403 g/mol. The number of piperidine rings is 1. The molecule has 0 bridgehead atoms. The van der Waals surface area contributed by atoms with E-state index in [2.05, 4.69) is 4.72 Å². The summed E-state index contributed by atoms with van der Waals surface area (Å²) in [6.45, 7) is 4.82. The average molecular weight is 404 g/mol. The molecule has 0 aliphatic carbocycles. The zero-order valence-corrected chi connectivity index (χ0v) is 17.1. The summed E-state index contributed by atoms with van der Waals surface area (Å²) >= 11 is 0. The Morgan fingerprint density at radius 3 is 2.38 bits per heavy atom. The molecule has 8 heteroatoms. The number of hydrogen-bond acceptors (Lipinski definition) is 4. The van der Waals surface area contributed by atoms with Gasteiger partial charge in [-0.1, -0.05) is 44.2 Å². The Hall–Kier alpha value is -1.15. The molecule has 148 valence electrons. The van der Waals surface area contributed by atoms with Crippen LogP contribution >= 0.6 is 12.4 Å². The smallest absolute Gasteiger partial charge is 0.227 e. The lowest BCUT2D eigenvalue weighted by molar-refractivity contribution is -0.136. The summed E-state index contributed by atoms with van der Waals surface area (Å²) in [6, 6.07) is 9.20. The quantitative estimate of drug-likeness (QED) is 0.728. The molecule has 2 atom stereocenters. The first-order chi connectivity index (χ1) is 11.8. The number of benzene rings is 1. The van der Waals surface area contributed by atoms with Gasteiger partial charge in [0.15, 0.2) is 0 Å². The molecule has 0 aromatic heterocycles. The van der Waals surface area contributed by atoms with E-state index in [4.69, 9.17) is 5.73 Å². The van der Waals surface area contributed by atoms with Crippen LogP contribution in [0.4, 0.5) is 0 Å². The van der Waals surface area contributed by atoms with E-state index in [9.17, 15) is 13.2 Å². The SMILES string of the molecule is CCCS(=O)(=O)NC1CCN(C(=O)C(C)C(N)c2ccccc2)CC1.Cl. The molecular formula is C18H30ClN3O3S. The minimum Gasteiger partial charge on any atom is -0.342 e. The normalized spacial score (nSPS) is 18.0. The molecule has 1 heterocycles. The number of halogens is 1. The molecule has 26 heavy (non-hydrogen) atoms. The van der Waals surface area contributed by atoms with Gasteiger partial charge in [-0.05, 0) is 24.8 Å². The standard InChI is InChI=1S/C18H29N3O3S.ClH/c1-3-13-25(23,24)20-16-9-11-21(12-10-16)18(22)14(2)17(19)15-7-5-4-6-8-15;/h4-8,14,16-17,20H,3,9-13,19H2,1-2H3;1H. The fourth-order valence-electron chi connectivity index (χ4n) is 3.20. The fourth-order valence-corrected chi connectivity index (χ4v) is 4.60. The number of carbonyl (C=O) groups excluding carboxylic acids is 1. The van der Waals surface area contributed by atoms with Gasteiger partial charge >= 0.3 is 0 Å². The van der Waals surface area contributed by atoms with Crippen molar-refractivity contribution in [2.45, 2.75) is 45.2 Å². The Morgan fingerprint density at radius 2 is 1.85 bits per heavy atom. The molecule has 3 N–H and O–H groups in total. The molecular weight excluding hydrogens is 374 g/mol. The molecule has 2 unspecified atom stereocenters. The van der Waals surface area contributed by atoms with E-state index in [1.807, 2.05) is 44.2 Å². The van der Waals surface area contributed by atoms with Crippen LogP contribution in [0.2, 0.25) is 0 Å². The van der Waals surface area contributed by atoms with Crippen LogP contribution in [0.25, 0.3) is 0 Å². The summed E-state index contributed by atoms with van der Waals surface area (Å²) < 4.78 is 26.5. The number of hydrogen-bond donors (Lipinski definition) is 2. The van der Waals surface area contributed by atoms with Crippen LogP contribution < -0.4 is 10.5 Å². The van der Waals surface area contributed by atoms with Crippen molar-refractivity contribution in [1.29, 1.82) is 0 Å². The second-order valence-corrected chi connectivity index (χ2v) is 8.63. The number of nitrogens with one attached hydrogen (secondary N) is 1. The highest BCUT2D eigenvalue weighted by Crippen LogP contribution is 2.23. The summed E-state index contributed by atoms with van der Waals surface area (Å²) in [5.41, 5.74) is 7.20. The maximum Gasteiger partial charge on any atom is 0.227 e. The van der Waals surface area contributed by atoms with E-state index in [1.54, 1.807) is 4.90 Å². The van der Waals surface area contributed by atoms with Crippen LogP contribution in [-0.2, 0) is 14.8 Å². The third kappa shape index (κ3) is 6.23. The van der Waals surface area contributed by atoms with Crippen molar-refractivity contribution < 1.29 is 13.2 Å². The predicted molar refractivity (Wildman–Crippen MR) is 107 cm³/mol. The van der Waals surface area contributed by atoms with Gasteiger partial charge in [-0.25, -0.2) is 13.1 Å². The highest BCUT2D eigenvalue weighted by atomic mass is 35.5. The molecule has 1 aliphatic heterocycles. The maximum atomic E-state index is 12.7. The predicted octanol–water partition coefficient (Wildman–Crippen LogP) is 2.06. The second kappa shape index (κ2) is 10.3. The lowest BCUT2D eigenvalue weighted by Crippen LogP contribution is -2.49. The summed E-state index contributed by atoms with van der Waals surface area (Å²) in [5.74, 6) is -0.128. The highest BCUT2D eigenvalue weighted by molar-refractivity contribution is 7.89. The van der Waals surface area contributed by atoms with Gasteiger partial charge in [-0.2, -0.15) is 0 Å². The largest absolute Gasteiger partial charge is 0.342 e. The first kappa shape index (κ1) is 22.9. The third-order valence-electron chi connectivity index (χ3n) is 4.74. The molecule has 1 aliphatic rings. The Morgan fingerprint density at radius 1 is 1.27 bits per heavy atom. The number of likely N-dealkylation sites (tertiary alicyclic amines) is 1. The Kier molecular flexibility index (Phi) is 9.03. The van der Waals surface area contributed by atoms with Crippen molar-refractivity contribution in [3.63, 3.8) is 0 Å². The highest BCUT2D eigenvalue weighted by Gasteiger charge is 2.30. The lowest BCUT2D eigenvalue weighted by atomic mass is 9.93. The first-order valence-electron chi connectivity index (χ1n) is 8.93. The van der Waals surface area contributed by atoms with E-state index in [1.165, 1.54) is 0 Å². The Bertz CT molecular complexity index is 662. The number of amides is 1. The van der Waals surface area contributed by atoms with Crippen molar-refractivity contribution in [1.82, 2.24) is 9.62 Å². The third-order valence-corrected chi connectivity index (χ3v) is 6.38. The summed E-state index contributed by atoms with van der Waals surface area (Å²) in [4.78, 5) is 14.5. The zero-order valence-electron chi connectivity index (χ0n) is 15.4. The van der Waals surface area contributed by atoms with Gasteiger partial charge in [0, 0.05) is 25.2 Å². The van der Waals surface area contributed by atoms with Gasteiger partial charge in [0.1, 0.15) is 0 Å². The molecule has 1 aromatic carbocycles. The molecule has 1 fully saturated rings. The average Bonchev–Trinajstić information content (AvgIpc) is 2.61. The van der Waals surface area contributed by atoms with Gasteiger partial charge in [0.05, 0.1) is 11.7 Å². The molecule has 0 radical (unpaired) electrons. The number of nitrogens with two attached hydrogens (primary N) is 1. The van der Waals surface area contributed by atoms with Crippen LogP contribution in [-0.4, -0.2) is 44.1 Å². The van der Waals surface area contributed by atoms with E-state index >= 15 is 0 Å². The van der Waals surface area contributed by atoms with Crippen LogP contribution in [0.1, 0.15) is 44.7 Å². The van der Waals surface area contributed by atoms with Crippen LogP contribution in [0, 0.1) is 5.92 Å². The molecule has 0 saturated carbocycles. The van der Waals surface area contributed by atoms with Gasteiger partial charge < -0.3 is 10.6 Å². The zero-order chi connectivity index (χ0) is 18.4. The lowest BCUT2D eigenvalue weighted by Gasteiger charge is -2.35. The molecule has 1 saturated heterocycles.